The average Bonchev–Trinajstić information content (AvgIpc) is 3.12. The van der Waals surface area contributed by atoms with Gasteiger partial charge in [0.1, 0.15) is 12.4 Å². The van der Waals surface area contributed by atoms with Crippen molar-refractivity contribution in [3.8, 4) is 5.75 Å². The molecule has 4 heteroatoms. The molecular formula is C28H22N2O2. The summed E-state index contributed by atoms with van der Waals surface area (Å²) in [5.41, 5.74) is 4.07. The maximum absolute atomic E-state index is 13.0. The maximum atomic E-state index is 13.0. The molecule has 32 heavy (non-hydrogen) atoms. The molecule has 5 rings (SSSR count). The van der Waals surface area contributed by atoms with Crippen LogP contribution in [0.3, 0.4) is 0 Å². The normalized spacial score (nSPS) is 14.8. The summed E-state index contributed by atoms with van der Waals surface area (Å²) in [6.45, 7) is 2.33. The monoisotopic (exact) mass is 418 g/mol. The number of carbonyl (C=O) groups is 1. The van der Waals surface area contributed by atoms with Gasteiger partial charge in [-0.2, -0.15) is 10.1 Å². The SMILES string of the molecule is CC1=NN(c2ccccc2)C(=O)/C1=C/c1cccc(OCc2cccc3ccccc23)c1. The molecule has 0 unspecified atom stereocenters. The van der Waals surface area contributed by atoms with Crippen LogP contribution in [-0.4, -0.2) is 11.6 Å². The summed E-state index contributed by atoms with van der Waals surface area (Å²) in [6, 6.07) is 31.8. The fourth-order valence-electron chi connectivity index (χ4n) is 3.87. The number of hydrazone groups is 1. The standard InChI is InChI=1S/C28H22N2O2/c1-20-27(28(31)30(29-20)24-13-3-2-4-14-24)18-21-9-7-15-25(17-21)32-19-23-12-8-11-22-10-5-6-16-26(22)23/h2-18H,19H2,1H3/b27-18+. The van der Waals surface area contributed by atoms with E-state index in [0.29, 0.717) is 17.9 Å². The van der Waals surface area contributed by atoms with Crippen molar-refractivity contribution in [2.45, 2.75) is 13.5 Å². The Hall–Kier alpha value is -4.18. The largest absolute Gasteiger partial charge is 0.489 e. The minimum atomic E-state index is -0.129. The lowest BCUT2D eigenvalue weighted by molar-refractivity contribution is -0.114. The van der Waals surface area contributed by atoms with Crippen LogP contribution in [-0.2, 0) is 11.4 Å². The molecule has 0 saturated heterocycles. The Morgan fingerprint density at radius 2 is 1.62 bits per heavy atom. The van der Waals surface area contributed by atoms with Crippen molar-refractivity contribution in [1.29, 1.82) is 0 Å². The number of hydrogen-bond donors (Lipinski definition) is 0. The van der Waals surface area contributed by atoms with Crippen molar-refractivity contribution < 1.29 is 9.53 Å². The summed E-state index contributed by atoms with van der Waals surface area (Å²) < 4.78 is 6.09. The lowest BCUT2D eigenvalue weighted by Gasteiger charge is -2.11. The summed E-state index contributed by atoms with van der Waals surface area (Å²) in [5.74, 6) is 0.628. The Kier molecular flexibility index (Phi) is 5.26. The first-order valence-corrected chi connectivity index (χ1v) is 10.6. The summed E-state index contributed by atoms with van der Waals surface area (Å²) >= 11 is 0. The van der Waals surface area contributed by atoms with Gasteiger partial charge in [-0.3, -0.25) is 4.79 Å². The highest BCUT2D eigenvalue weighted by Crippen LogP contribution is 2.26. The third-order valence-corrected chi connectivity index (χ3v) is 5.51. The fraction of sp³-hybridized carbons (Fsp3) is 0.0714. The molecule has 0 aromatic heterocycles. The van der Waals surface area contributed by atoms with Crippen LogP contribution in [0.5, 0.6) is 5.75 Å². The van der Waals surface area contributed by atoms with Crippen LogP contribution in [0.2, 0.25) is 0 Å². The minimum Gasteiger partial charge on any atom is -0.489 e. The van der Waals surface area contributed by atoms with Crippen LogP contribution < -0.4 is 9.75 Å². The number of ether oxygens (including phenoxy) is 1. The number of anilines is 1. The number of carbonyl (C=O) groups excluding carboxylic acids is 1. The van der Waals surface area contributed by atoms with E-state index in [9.17, 15) is 4.79 Å². The Bertz CT molecular complexity index is 1350. The van der Waals surface area contributed by atoms with Gasteiger partial charge in [0.25, 0.3) is 5.91 Å². The van der Waals surface area contributed by atoms with Gasteiger partial charge in [0.05, 0.1) is 17.0 Å². The number of para-hydroxylation sites is 1. The zero-order valence-electron chi connectivity index (χ0n) is 17.7. The van der Waals surface area contributed by atoms with Gasteiger partial charge in [0.2, 0.25) is 0 Å². The van der Waals surface area contributed by atoms with Gasteiger partial charge < -0.3 is 4.74 Å². The third-order valence-electron chi connectivity index (χ3n) is 5.51. The molecule has 1 aliphatic heterocycles. The van der Waals surface area contributed by atoms with Crippen LogP contribution in [0.1, 0.15) is 18.1 Å². The molecule has 4 nitrogen and oxygen atoms in total. The first-order valence-electron chi connectivity index (χ1n) is 10.6. The Morgan fingerprint density at radius 3 is 2.50 bits per heavy atom. The molecule has 0 saturated carbocycles. The Morgan fingerprint density at radius 1 is 0.875 bits per heavy atom. The first kappa shape index (κ1) is 19.8. The van der Waals surface area contributed by atoms with E-state index in [0.717, 1.165) is 22.6 Å². The van der Waals surface area contributed by atoms with Crippen LogP contribution in [0.25, 0.3) is 16.8 Å². The molecule has 156 valence electrons. The molecule has 4 aromatic carbocycles. The predicted molar refractivity (Wildman–Crippen MR) is 130 cm³/mol. The number of nitrogens with zero attached hydrogens (tertiary/aromatic N) is 2. The van der Waals surface area contributed by atoms with Gasteiger partial charge >= 0.3 is 0 Å². The van der Waals surface area contributed by atoms with Gasteiger partial charge in [0, 0.05) is 0 Å². The highest BCUT2D eigenvalue weighted by Gasteiger charge is 2.28. The van der Waals surface area contributed by atoms with Gasteiger partial charge in [-0.05, 0) is 59.2 Å². The smallest absolute Gasteiger partial charge is 0.280 e. The van der Waals surface area contributed by atoms with E-state index in [1.54, 1.807) is 0 Å². The first-order chi connectivity index (χ1) is 15.7. The topological polar surface area (TPSA) is 41.9 Å². The van der Waals surface area contributed by atoms with Gasteiger partial charge in [-0.25, -0.2) is 0 Å². The summed E-state index contributed by atoms with van der Waals surface area (Å²) in [7, 11) is 0. The quantitative estimate of drug-likeness (QED) is 0.361. The van der Waals surface area contributed by atoms with E-state index in [1.165, 1.54) is 15.8 Å². The van der Waals surface area contributed by atoms with E-state index in [1.807, 2.05) is 85.8 Å². The molecule has 0 N–H and O–H groups in total. The molecule has 0 aliphatic carbocycles. The number of hydrogen-bond acceptors (Lipinski definition) is 3. The van der Waals surface area contributed by atoms with Crippen molar-refractivity contribution in [3.05, 3.63) is 114 Å². The third kappa shape index (κ3) is 3.91. The second-order valence-corrected chi connectivity index (χ2v) is 7.70. The molecular weight excluding hydrogens is 396 g/mol. The summed E-state index contributed by atoms with van der Waals surface area (Å²) in [6.07, 6.45) is 1.87. The molecule has 1 amide bonds. The molecule has 1 aliphatic rings. The van der Waals surface area contributed by atoms with E-state index in [-0.39, 0.29) is 5.91 Å². The highest BCUT2D eigenvalue weighted by molar-refractivity contribution is 6.32. The minimum absolute atomic E-state index is 0.129. The number of rotatable bonds is 5. The number of amides is 1. The Balaban J connectivity index is 1.36. The lowest BCUT2D eigenvalue weighted by Crippen LogP contribution is -2.21. The van der Waals surface area contributed by atoms with Crippen molar-refractivity contribution in [1.82, 2.24) is 0 Å². The molecule has 0 bridgehead atoms. The molecule has 1 heterocycles. The molecule has 0 fully saturated rings. The van der Waals surface area contributed by atoms with Gasteiger partial charge in [-0.1, -0.05) is 72.8 Å². The lowest BCUT2D eigenvalue weighted by atomic mass is 10.1. The second-order valence-electron chi connectivity index (χ2n) is 7.70. The van der Waals surface area contributed by atoms with E-state index < -0.39 is 0 Å². The Labute approximate surface area is 187 Å². The average molecular weight is 418 g/mol. The van der Waals surface area contributed by atoms with Crippen LogP contribution >= 0.6 is 0 Å². The molecule has 0 spiro atoms. The van der Waals surface area contributed by atoms with E-state index in [4.69, 9.17) is 4.74 Å². The zero-order chi connectivity index (χ0) is 21.9. The van der Waals surface area contributed by atoms with Crippen LogP contribution in [0, 0.1) is 0 Å². The molecule has 4 aromatic rings. The van der Waals surface area contributed by atoms with Crippen LogP contribution in [0.15, 0.2) is 108 Å². The molecule has 0 atom stereocenters. The fourth-order valence-corrected chi connectivity index (χ4v) is 3.87. The van der Waals surface area contributed by atoms with Crippen molar-refractivity contribution in [2.24, 2.45) is 5.10 Å². The van der Waals surface area contributed by atoms with Crippen molar-refractivity contribution in [3.63, 3.8) is 0 Å². The van der Waals surface area contributed by atoms with E-state index in [2.05, 4.69) is 29.4 Å². The summed E-state index contributed by atoms with van der Waals surface area (Å²) in [4.78, 5) is 13.0. The second kappa shape index (κ2) is 8.52. The number of fused-ring (bicyclic) bond motifs is 1. The van der Waals surface area contributed by atoms with Crippen LogP contribution in [0.4, 0.5) is 5.69 Å². The predicted octanol–water partition coefficient (Wildman–Crippen LogP) is 6.22. The van der Waals surface area contributed by atoms with Crippen molar-refractivity contribution >= 4 is 34.2 Å². The number of benzene rings is 4. The zero-order valence-corrected chi connectivity index (χ0v) is 17.7. The van der Waals surface area contributed by atoms with Crippen molar-refractivity contribution in [2.75, 3.05) is 5.01 Å². The summed E-state index contributed by atoms with van der Waals surface area (Å²) in [5, 5.41) is 8.28. The van der Waals surface area contributed by atoms with Gasteiger partial charge in [0.15, 0.2) is 0 Å². The van der Waals surface area contributed by atoms with E-state index >= 15 is 0 Å². The van der Waals surface area contributed by atoms with Gasteiger partial charge in [-0.15, -0.1) is 0 Å². The molecule has 0 radical (unpaired) electrons. The maximum Gasteiger partial charge on any atom is 0.280 e. The highest BCUT2D eigenvalue weighted by atomic mass is 16.5.